The molecular weight excluding hydrogens is 226 g/mol. The number of hydrogen-bond acceptors (Lipinski definition) is 3. The molecule has 4 nitrogen and oxygen atoms in total. The van der Waals surface area contributed by atoms with Gasteiger partial charge in [0.25, 0.3) is 0 Å². The zero-order chi connectivity index (χ0) is 12.3. The molecule has 1 saturated carbocycles. The summed E-state index contributed by atoms with van der Waals surface area (Å²) in [6.45, 7) is 6.45. The van der Waals surface area contributed by atoms with Gasteiger partial charge in [0.05, 0.1) is 5.70 Å². The lowest BCUT2D eigenvalue weighted by Gasteiger charge is -2.20. The van der Waals surface area contributed by atoms with E-state index in [0.717, 1.165) is 42.7 Å². The largest absolute Gasteiger partial charge is 0.396 e. The van der Waals surface area contributed by atoms with Gasteiger partial charge >= 0.3 is 0 Å². The van der Waals surface area contributed by atoms with E-state index in [9.17, 15) is 5.11 Å². The van der Waals surface area contributed by atoms with E-state index in [0.29, 0.717) is 5.92 Å². The molecule has 1 aromatic heterocycles. The highest BCUT2D eigenvalue weighted by molar-refractivity contribution is 5.65. The minimum Gasteiger partial charge on any atom is -0.396 e. The summed E-state index contributed by atoms with van der Waals surface area (Å²) in [5.41, 5.74) is 4.92. The first-order valence-electron chi connectivity index (χ1n) is 6.90. The first-order chi connectivity index (χ1) is 8.78. The Bertz CT molecular complexity index is 507. The number of aromatic amines is 1. The normalized spacial score (nSPS) is 32.5. The molecule has 96 valence electrons. The molecule has 0 spiro atoms. The molecule has 2 aliphatic carbocycles. The Labute approximate surface area is 107 Å². The molecule has 4 rings (SSSR count). The van der Waals surface area contributed by atoms with Crippen molar-refractivity contribution in [1.29, 1.82) is 0 Å². The minimum atomic E-state index is 0.285. The van der Waals surface area contributed by atoms with E-state index < -0.39 is 0 Å². The predicted octanol–water partition coefficient (Wildman–Crippen LogP) is 1.35. The third-order valence-electron chi connectivity index (χ3n) is 4.84. The number of nitrogens with zero attached hydrogens (tertiary/aromatic N) is 2. The highest BCUT2D eigenvalue weighted by Gasteiger charge is 2.48. The van der Waals surface area contributed by atoms with Crippen LogP contribution in [0.25, 0.3) is 5.70 Å². The maximum atomic E-state index is 9.22. The molecule has 2 fully saturated rings. The first kappa shape index (κ1) is 10.6. The van der Waals surface area contributed by atoms with Gasteiger partial charge in [-0.3, -0.25) is 5.10 Å². The summed E-state index contributed by atoms with van der Waals surface area (Å²) in [4.78, 5) is 2.28. The van der Waals surface area contributed by atoms with Crippen molar-refractivity contribution in [2.24, 2.45) is 11.8 Å². The Hall–Kier alpha value is -1.29. The van der Waals surface area contributed by atoms with Gasteiger partial charge in [0.1, 0.15) is 5.69 Å². The SMILES string of the molecule is C=C(c1n[nH]c2c1[C@@H]1C[C@@H]1C2)N1CC[C@@H](CO)C1. The van der Waals surface area contributed by atoms with Gasteiger partial charge in [-0.15, -0.1) is 0 Å². The maximum Gasteiger partial charge on any atom is 0.111 e. The second kappa shape index (κ2) is 3.60. The molecule has 18 heavy (non-hydrogen) atoms. The first-order valence-corrected chi connectivity index (χ1v) is 6.90. The summed E-state index contributed by atoms with van der Waals surface area (Å²) in [6.07, 6.45) is 3.58. The number of fused-ring (bicyclic) bond motifs is 3. The minimum absolute atomic E-state index is 0.285. The molecule has 4 heteroatoms. The van der Waals surface area contributed by atoms with Crippen LogP contribution in [0.15, 0.2) is 6.58 Å². The Kier molecular flexibility index (Phi) is 2.13. The monoisotopic (exact) mass is 245 g/mol. The second-order valence-electron chi connectivity index (χ2n) is 6.00. The lowest BCUT2D eigenvalue weighted by atomic mass is 10.1. The van der Waals surface area contributed by atoms with E-state index in [1.165, 1.54) is 24.1 Å². The number of aliphatic hydroxyl groups is 1. The van der Waals surface area contributed by atoms with E-state index in [2.05, 4.69) is 21.7 Å². The van der Waals surface area contributed by atoms with Crippen molar-refractivity contribution in [3.8, 4) is 0 Å². The Morgan fingerprint density at radius 1 is 1.56 bits per heavy atom. The molecular formula is C14H19N3O. The van der Waals surface area contributed by atoms with Crippen LogP contribution < -0.4 is 0 Å². The zero-order valence-corrected chi connectivity index (χ0v) is 10.5. The highest BCUT2D eigenvalue weighted by Crippen LogP contribution is 2.57. The van der Waals surface area contributed by atoms with Crippen LogP contribution in [0, 0.1) is 11.8 Å². The van der Waals surface area contributed by atoms with Crippen molar-refractivity contribution in [3.05, 3.63) is 23.5 Å². The number of H-pyrrole nitrogens is 1. The summed E-state index contributed by atoms with van der Waals surface area (Å²) in [7, 11) is 0. The molecule has 0 aromatic carbocycles. The smallest absolute Gasteiger partial charge is 0.111 e. The van der Waals surface area contributed by atoms with Crippen LogP contribution in [0.3, 0.4) is 0 Å². The average Bonchev–Trinajstić information content (AvgIpc) is 2.83. The van der Waals surface area contributed by atoms with Crippen molar-refractivity contribution < 1.29 is 5.11 Å². The molecule has 2 N–H and O–H groups in total. The van der Waals surface area contributed by atoms with Crippen LogP contribution in [0.4, 0.5) is 0 Å². The fourth-order valence-corrected chi connectivity index (χ4v) is 3.63. The summed E-state index contributed by atoms with van der Waals surface area (Å²) in [6, 6.07) is 0. The van der Waals surface area contributed by atoms with Gasteiger partial charge in [-0.1, -0.05) is 6.58 Å². The lowest BCUT2D eigenvalue weighted by molar-refractivity contribution is 0.231. The molecule has 1 aliphatic heterocycles. The number of hydrogen-bond donors (Lipinski definition) is 2. The molecule has 1 aromatic rings. The quantitative estimate of drug-likeness (QED) is 0.845. The van der Waals surface area contributed by atoms with Gasteiger partial charge in [-0.2, -0.15) is 5.10 Å². The van der Waals surface area contributed by atoms with Gasteiger partial charge in [0.2, 0.25) is 0 Å². The van der Waals surface area contributed by atoms with Crippen LogP contribution in [0.1, 0.15) is 35.7 Å². The Morgan fingerprint density at radius 3 is 3.22 bits per heavy atom. The van der Waals surface area contributed by atoms with Crippen molar-refractivity contribution in [3.63, 3.8) is 0 Å². The molecule has 0 radical (unpaired) electrons. The lowest BCUT2D eigenvalue weighted by Crippen LogP contribution is -2.20. The number of aliphatic hydroxyl groups excluding tert-OH is 1. The number of likely N-dealkylation sites (tertiary alicyclic amines) is 1. The van der Waals surface area contributed by atoms with Crippen LogP contribution in [0.2, 0.25) is 0 Å². The molecule has 3 aliphatic rings. The van der Waals surface area contributed by atoms with Gasteiger partial charge in [-0.25, -0.2) is 0 Å². The number of nitrogens with one attached hydrogen (secondary N) is 1. The van der Waals surface area contributed by atoms with Crippen molar-refractivity contribution in [1.82, 2.24) is 15.1 Å². The van der Waals surface area contributed by atoms with Crippen molar-refractivity contribution in [2.75, 3.05) is 19.7 Å². The van der Waals surface area contributed by atoms with E-state index in [1.54, 1.807) is 0 Å². The van der Waals surface area contributed by atoms with Gasteiger partial charge in [0.15, 0.2) is 0 Å². The van der Waals surface area contributed by atoms with E-state index in [-0.39, 0.29) is 6.61 Å². The third-order valence-corrected chi connectivity index (χ3v) is 4.84. The third kappa shape index (κ3) is 1.38. The summed E-state index contributed by atoms with van der Waals surface area (Å²) in [5.74, 6) is 2.04. The second-order valence-corrected chi connectivity index (χ2v) is 6.00. The fourth-order valence-electron chi connectivity index (χ4n) is 3.63. The Morgan fingerprint density at radius 2 is 2.44 bits per heavy atom. The zero-order valence-electron chi connectivity index (χ0n) is 10.5. The number of rotatable bonds is 3. The molecule has 0 bridgehead atoms. The summed E-state index contributed by atoms with van der Waals surface area (Å²) < 4.78 is 0. The van der Waals surface area contributed by atoms with E-state index in [4.69, 9.17) is 0 Å². The molecule has 3 atom stereocenters. The van der Waals surface area contributed by atoms with E-state index >= 15 is 0 Å². The van der Waals surface area contributed by atoms with Gasteiger partial charge < -0.3 is 10.0 Å². The maximum absolute atomic E-state index is 9.22. The standard InChI is InChI=1S/C14H19N3O/c1-8(17-3-2-9(6-17)7-18)14-13-11-4-10(11)5-12(13)15-16-14/h9-11,18H,1-7H2,(H,15,16)/t9-,10-,11-/m1/s1. The van der Waals surface area contributed by atoms with Crippen LogP contribution in [0.5, 0.6) is 0 Å². The molecule has 1 saturated heterocycles. The van der Waals surface area contributed by atoms with Gasteiger partial charge in [-0.05, 0) is 31.1 Å². The predicted molar refractivity (Wildman–Crippen MR) is 68.9 cm³/mol. The molecule has 0 unspecified atom stereocenters. The van der Waals surface area contributed by atoms with Gasteiger partial charge in [0, 0.05) is 36.9 Å². The highest BCUT2D eigenvalue weighted by atomic mass is 16.3. The van der Waals surface area contributed by atoms with Crippen LogP contribution in [-0.2, 0) is 6.42 Å². The van der Waals surface area contributed by atoms with E-state index in [1.807, 2.05) is 0 Å². The summed E-state index contributed by atoms with van der Waals surface area (Å²) >= 11 is 0. The number of aromatic nitrogens is 2. The van der Waals surface area contributed by atoms with Crippen molar-refractivity contribution >= 4 is 5.70 Å². The molecule has 2 heterocycles. The topological polar surface area (TPSA) is 52.2 Å². The fraction of sp³-hybridized carbons (Fsp3) is 0.643. The van der Waals surface area contributed by atoms with Crippen LogP contribution >= 0.6 is 0 Å². The van der Waals surface area contributed by atoms with Crippen molar-refractivity contribution in [2.45, 2.75) is 25.2 Å². The summed E-state index contributed by atoms with van der Waals surface area (Å²) in [5, 5.41) is 16.9. The van der Waals surface area contributed by atoms with Crippen LogP contribution in [-0.4, -0.2) is 39.9 Å². The average molecular weight is 245 g/mol. The molecule has 0 amide bonds. The Balaban J connectivity index is 1.59.